The van der Waals surface area contributed by atoms with E-state index in [0.717, 1.165) is 56.7 Å². The topological polar surface area (TPSA) is 135 Å². The fourth-order valence-electron chi connectivity index (χ4n) is 10.8. The first-order valence-electron chi connectivity index (χ1n) is 18.1. The number of rotatable bonds is 11. The number of amides is 1. The summed E-state index contributed by atoms with van der Waals surface area (Å²) in [5.41, 5.74) is -0.206. The Morgan fingerprint density at radius 3 is 2.46 bits per heavy atom. The Kier molecular flexibility index (Phi) is 7.85. The summed E-state index contributed by atoms with van der Waals surface area (Å²) in [7, 11) is 1.77. The zero-order chi connectivity index (χ0) is 34.6. The van der Waals surface area contributed by atoms with E-state index in [4.69, 9.17) is 14.2 Å². The fraction of sp³-hybridized carbons (Fsp3) is 0.763. The number of carboxylic acids is 1. The number of benzene rings is 1. The first kappa shape index (κ1) is 33.8. The standard InChI is InChI=1S/C38H54N2O8/c1-21(2)30(32(43)44)39-27(41)12-13-28(42)47-24-11-10-23-18-26-36-14-15-38(46-7,25(19-36)35(6,45)34(3,4)5)33-37(36,29(23)31(24)48-33)16-17-40(26)20-22-8-9-22/h10-11,21-22,25-26,30,33,45H,8-9,12-20H2,1-7H3,(H,39,41)(H,43,44)/t25-,26-,30?,33-,35-,36-,37+,38+/m1/s1. The van der Waals surface area contributed by atoms with Gasteiger partial charge < -0.3 is 29.7 Å². The van der Waals surface area contributed by atoms with Crippen LogP contribution in [0.4, 0.5) is 0 Å². The molecule has 1 saturated heterocycles. The van der Waals surface area contributed by atoms with Crippen LogP contribution in [0.3, 0.4) is 0 Å². The van der Waals surface area contributed by atoms with Crippen molar-refractivity contribution in [3.05, 3.63) is 23.3 Å². The Morgan fingerprint density at radius 1 is 1.10 bits per heavy atom. The lowest BCUT2D eigenvalue weighted by Gasteiger charge is -2.75. The van der Waals surface area contributed by atoms with Gasteiger partial charge in [0, 0.05) is 48.4 Å². The highest BCUT2D eigenvalue weighted by molar-refractivity contribution is 5.86. The van der Waals surface area contributed by atoms with Gasteiger partial charge in [0.25, 0.3) is 0 Å². The van der Waals surface area contributed by atoms with Crippen molar-refractivity contribution < 1.29 is 38.8 Å². The molecular formula is C38H54N2O8. The minimum Gasteiger partial charge on any atom is -0.482 e. The molecule has 1 aromatic carbocycles. The molecule has 3 N–H and O–H groups in total. The third-order valence-electron chi connectivity index (χ3n) is 13.9. The Hall–Kier alpha value is -2.69. The number of likely N-dealkylation sites (tertiary alicyclic amines) is 1. The molecule has 10 nitrogen and oxygen atoms in total. The summed E-state index contributed by atoms with van der Waals surface area (Å²) in [5, 5.41) is 24.4. The normalized spacial score (nSPS) is 35.0. The molecule has 5 aliphatic carbocycles. The second kappa shape index (κ2) is 11.2. The lowest BCUT2D eigenvalue weighted by molar-refractivity contribution is -0.312. The highest BCUT2D eigenvalue weighted by atomic mass is 16.6. The monoisotopic (exact) mass is 666 g/mol. The van der Waals surface area contributed by atoms with E-state index in [1.807, 2.05) is 13.0 Å². The largest absolute Gasteiger partial charge is 0.482 e. The molecule has 7 aliphatic rings. The molecular weight excluding hydrogens is 612 g/mol. The van der Waals surface area contributed by atoms with Gasteiger partial charge in [-0.15, -0.1) is 0 Å². The second-order valence-corrected chi connectivity index (χ2v) is 17.4. The molecule has 264 valence electrons. The van der Waals surface area contributed by atoms with E-state index < -0.39 is 40.5 Å². The Balaban J connectivity index is 1.24. The molecule has 1 amide bonds. The highest BCUT2D eigenvalue weighted by Gasteiger charge is 2.82. The summed E-state index contributed by atoms with van der Waals surface area (Å²) in [4.78, 5) is 40.1. The number of piperidine rings is 1. The number of aliphatic carboxylic acids is 1. The lowest BCUT2D eigenvalue weighted by Crippen LogP contribution is -2.83. The molecule has 1 aromatic rings. The molecule has 5 fully saturated rings. The molecule has 2 heterocycles. The molecule has 0 radical (unpaired) electrons. The number of hydrogen-bond donors (Lipinski definition) is 3. The number of methoxy groups -OCH3 is 1. The molecule has 10 heteroatoms. The number of esters is 1. The summed E-state index contributed by atoms with van der Waals surface area (Å²) in [5.74, 6) is -0.911. The Bertz CT molecular complexity index is 1510. The summed E-state index contributed by atoms with van der Waals surface area (Å²) < 4.78 is 19.8. The fourth-order valence-corrected chi connectivity index (χ4v) is 10.8. The van der Waals surface area contributed by atoms with Crippen LogP contribution < -0.4 is 14.8 Å². The number of nitrogens with zero attached hydrogens (tertiary/aromatic N) is 1. The van der Waals surface area contributed by atoms with Crippen LogP contribution >= 0.6 is 0 Å². The van der Waals surface area contributed by atoms with Crippen LogP contribution in [0.2, 0.25) is 0 Å². The minimum absolute atomic E-state index is 0.124. The number of hydrogen-bond acceptors (Lipinski definition) is 8. The van der Waals surface area contributed by atoms with Gasteiger partial charge in [-0.2, -0.15) is 0 Å². The van der Waals surface area contributed by atoms with Gasteiger partial charge in [0.15, 0.2) is 11.5 Å². The SMILES string of the molecule is CO[C@@]12CC[C@@]3(C[C@@H]1[C@@](C)(O)C(C)(C)C)[C@H]1Cc4ccc(OC(=O)CCC(=O)NC(C(=O)O)C(C)C)c5c4[C@@]3(CCN1CC1CC1)[C@H]2O5. The van der Waals surface area contributed by atoms with E-state index in [1.54, 1.807) is 21.0 Å². The second-order valence-electron chi connectivity index (χ2n) is 17.4. The van der Waals surface area contributed by atoms with Gasteiger partial charge in [-0.05, 0) is 87.3 Å². The number of nitrogens with one attached hydrogen (secondary N) is 1. The van der Waals surface area contributed by atoms with Crippen molar-refractivity contribution in [1.82, 2.24) is 10.2 Å². The number of carbonyl (C=O) groups excluding carboxylic acids is 2. The summed E-state index contributed by atoms with van der Waals surface area (Å²) in [6, 6.07) is 3.25. The third-order valence-corrected chi connectivity index (χ3v) is 13.9. The minimum atomic E-state index is -1.11. The zero-order valence-electron chi connectivity index (χ0n) is 29.7. The number of aliphatic hydroxyl groups is 1. The maximum Gasteiger partial charge on any atom is 0.326 e. The van der Waals surface area contributed by atoms with Crippen molar-refractivity contribution in [3.8, 4) is 11.5 Å². The summed E-state index contributed by atoms with van der Waals surface area (Å²) in [6.07, 6.45) is 6.35. The molecule has 4 bridgehead atoms. The first-order valence-corrected chi connectivity index (χ1v) is 18.1. The van der Waals surface area contributed by atoms with E-state index in [1.165, 1.54) is 18.4 Å². The van der Waals surface area contributed by atoms with Gasteiger partial charge in [0.2, 0.25) is 5.91 Å². The van der Waals surface area contributed by atoms with Gasteiger partial charge in [0.1, 0.15) is 17.7 Å². The van der Waals surface area contributed by atoms with E-state index >= 15 is 0 Å². The third kappa shape index (κ3) is 4.64. The van der Waals surface area contributed by atoms with Crippen molar-refractivity contribution in [3.63, 3.8) is 0 Å². The maximum atomic E-state index is 13.2. The number of ether oxygens (including phenoxy) is 3. The summed E-state index contributed by atoms with van der Waals surface area (Å²) >= 11 is 0. The molecule has 1 unspecified atom stereocenters. The van der Waals surface area contributed by atoms with Gasteiger partial charge in [0.05, 0.1) is 12.0 Å². The quantitative estimate of drug-likeness (QED) is 0.229. The molecule has 8 rings (SSSR count). The smallest absolute Gasteiger partial charge is 0.326 e. The van der Waals surface area contributed by atoms with Crippen LogP contribution in [0, 0.1) is 28.6 Å². The van der Waals surface area contributed by atoms with Crippen molar-refractivity contribution >= 4 is 17.8 Å². The number of carbonyl (C=O) groups is 3. The van der Waals surface area contributed by atoms with E-state index in [9.17, 15) is 24.6 Å². The average molecular weight is 667 g/mol. The van der Waals surface area contributed by atoms with Crippen molar-refractivity contribution in [2.45, 2.75) is 134 Å². The number of fused-ring (bicyclic) bond motifs is 2. The van der Waals surface area contributed by atoms with Crippen LogP contribution in [0.25, 0.3) is 0 Å². The van der Waals surface area contributed by atoms with Crippen LogP contribution in [0.5, 0.6) is 11.5 Å². The molecule has 0 aromatic heterocycles. The van der Waals surface area contributed by atoms with Crippen molar-refractivity contribution in [2.75, 3.05) is 20.2 Å². The molecule has 8 atom stereocenters. The summed E-state index contributed by atoms with van der Waals surface area (Å²) in [6.45, 7) is 13.9. The van der Waals surface area contributed by atoms with E-state index in [0.29, 0.717) is 17.5 Å². The van der Waals surface area contributed by atoms with Gasteiger partial charge in [-0.3, -0.25) is 14.5 Å². The first-order chi connectivity index (χ1) is 22.5. The molecule has 48 heavy (non-hydrogen) atoms. The van der Waals surface area contributed by atoms with Gasteiger partial charge in [-0.1, -0.05) is 40.7 Å². The molecule has 4 saturated carbocycles. The zero-order valence-corrected chi connectivity index (χ0v) is 29.7. The van der Waals surface area contributed by atoms with Crippen molar-refractivity contribution in [1.29, 1.82) is 0 Å². The van der Waals surface area contributed by atoms with Crippen LogP contribution in [0.1, 0.15) is 104 Å². The van der Waals surface area contributed by atoms with E-state index in [2.05, 4.69) is 37.1 Å². The predicted octanol–water partition coefficient (Wildman–Crippen LogP) is 4.62. The maximum absolute atomic E-state index is 13.2. The number of carboxylic acid groups (broad SMARTS) is 1. The Morgan fingerprint density at radius 2 is 1.83 bits per heavy atom. The average Bonchev–Trinajstić information content (AvgIpc) is 3.76. The van der Waals surface area contributed by atoms with Crippen LogP contribution in [-0.4, -0.2) is 82.5 Å². The Labute approximate surface area is 284 Å². The van der Waals surface area contributed by atoms with Gasteiger partial charge >= 0.3 is 11.9 Å². The predicted molar refractivity (Wildman–Crippen MR) is 178 cm³/mol. The van der Waals surface area contributed by atoms with Crippen LogP contribution in [-0.2, 0) is 31.0 Å². The molecule has 2 spiro atoms. The highest BCUT2D eigenvalue weighted by Crippen LogP contribution is 2.78. The van der Waals surface area contributed by atoms with Crippen molar-refractivity contribution in [2.24, 2.45) is 28.6 Å². The van der Waals surface area contributed by atoms with Crippen LogP contribution in [0.15, 0.2) is 12.1 Å². The lowest BCUT2D eigenvalue weighted by atomic mass is 9.33. The molecule has 2 aliphatic heterocycles. The van der Waals surface area contributed by atoms with Gasteiger partial charge in [-0.25, -0.2) is 4.79 Å². The van der Waals surface area contributed by atoms with E-state index in [-0.39, 0.29) is 41.6 Å².